The molecule has 0 aliphatic heterocycles. The molecule has 0 fully saturated rings. The number of ether oxygens (including phenoxy) is 1. The molecule has 1 rings (SSSR count). The van der Waals surface area contributed by atoms with Crippen molar-refractivity contribution in [3.63, 3.8) is 0 Å². The normalized spacial score (nSPS) is 10.3. The van der Waals surface area contributed by atoms with Crippen molar-refractivity contribution in [1.29, 1.82) is 0 Å². The summed E-state index contributed by atoms with van der Waals surface area (Å²) in [5.41, 5.74) is 2.53. The summed E-state index contributed by atoms with van der Waals surface area (Å²) in [5, 5.41) is 8.38. The standard InChI is InChI=1S/C13H18O3/c1-2-3-11-4-6-12(7-5-11)8-9-16-10-13(14)15/h4-7H,2-3,8-10H2,1H3,(H,14,15). The quantitative estimate of drug-likeness (QED) is 0.720. The van der Waals surface area contributed by atoms with Crippen molar-refractivity contribution in [1.82, 2.24) is 0 Å². The largest absolute Gasteiger partial charge is 0.480 e. The predicted octanol–water partition coefficient (Wildman–Crippen LogP) is 2.28. The molecule has 0 aliphatic carbocycles. The summed E-state index contributed by atoms with van der Waals surface area (Å²) in [5.74, 6) is -0.918. The van der Waals surface area contributed by atoms with Crippen LogP contribution < -0.4 is 0 Å². The Morgan fingerprint density at radius 3 is 2.25 bits per heavy atom. The fourth-order valence-electron chi connectivity index (χ4n) is 1.51. The van der Waals surface area contributed by atoms with E-state index in [1.165, 1.54) is 11.1 Å². The van der Waals surface area contributed by atoms with E-state index in [0.717, 1.165) is 19.3 Å². The summed E-state index contributed by atoms with van der Waals surface area (Å²) in [6.07, 6.45) is 3.02. The number of aryl methyl sites for hydroxylation is 1. The van der Waals surface area contributed by atoms with Gasteiger partial charge in [0.05, 0.1) is 6.61 Å². The molecule has 1 aromatic carbocycles. The molecule has 0 spiro atoms. The molecular formula is C13H18O3. The number of benzene rings is 1. The molecule has 3 nitrogen and oxygen atoms in total. The van der Waals surface area contributed by atoms with E-state index in [9.17, 15) is 4.79 Å². The molecule has 0 atom stereocenters. The summed E-state index contributed by atoms with van der Waals surface area (Å²) >= 11 is 0. The zero-order valence-corrected chi connectivity index (χ0v) is 9.61. The maximum absolute atomic E-state index is 10.2. The maximum Gasteiger partial charge on any atom is 0.329 e. The first-order chi connectivity index (χ1) is 7.72. The highest BCUT2D eigenvalue weighted by molar-refractivity contribution is 5.67. The van der Waals surface area contributed by atoms with E-state index in [-0.39, 0.29) is 6.61 Å². The monoisotopic (exact) mass is 222 g/mol. The van der Waals surface area contributed by atoms with Gasteiger partial charge < -0.3 is 9.84 Å². The Bertz CT molecular complexity index is 316. The third-order valence-corrected chi connectivity index (χ3v) is 2.32. The molecule has 0 unspecified atom stereocenters. The maximum atomic E-state index is 10.2. The van der Waals surface area contributed by atoms with Crippen LogP contribution in [0.1, 0.15) is 24.5 Å². The highest BCUT2D eigenvalue weighted by atomic mass is 16.5. The summed E-state index contributed by atoms with van der Waals surface area (Å²) in [6.45, 7) is 2.40. The van der Waals surface area contributed by atoms with Crippen LogP contribution in [0.3, 0.4) is 0 Å². The Morgan fingerprint density at radius 1 is 1.19 bits per heavy atom. The van der Waals surface area contributed by atoms with Crippen molar-refractivity contribution in [2.75, 3.05) is 13.2 Å². The van der Waals surface area contributed by atoms with Gasteiger partial charge in [-0.05, 0) is 24.0 Å². The van der Waals surface area contributed by atoms with Gasteiger partial charge in [-0.15, -0.1) is 0 Å². The summed E-state index contributed by atoms with van der Waals surface area (Å²) in [7, 11) is 0. The number of rotatable bonds is 7. The first-order valence-corrected chi connectivity index (χ1v) is 5.59. The van der Waals surface area contributed by atoms with Gasteiger partial charge in [0.15, 0.2) is 0 Å². The van der Waals surface area contributed by atoms with E-state index in [0.29, 0.717) is 6.61 Å². The van der Waals surface area contributed by atoms with Crippen LogP contribution in [-0.2, 0) is 22.4 Å². The molecule has 16 heavy (non-hydrogen) atoms. The molecule has 1 aromatic rings. The average Bonchev–Trinajstić information content (AvgIpc) is 2.27. The minimum atomic E-state index is -0.918. The summed E-state index contributed by atoms with van der Waals surface area (Å²) < 4.78 is 4.98. The SMILES string of the molecule is CCCc1ccc(CCOCC(=O)O)cc1. The van der Waals surface area contributed by atoms with Crippen LogP contribution in [0.5, 0.6) is 0 Å². The number of aliphatic carboxylic acids is 1. The minimum absolute atomic E-state index is 0.214. The van der Waals surface area contributed by atoms with E-state index in [1.54, 1.807) is 0 Å². The van der Waals surface area contributed by atoms with Crippen molar-refractivity contribution >= 4 is 5.97 Å². The predicted molar refractivity (Wildman–Crippen MR) is 62.6 cm³/mol. The van der Waals surface area contributed by atoms with Crippen LogP contribution in [0, 0.1) is 0 Å². The van der Waals surface area contributed by atoms with Gasteiger partial charge in [0.2, 0.25) is 0 Å². The second kappa shape index (κ2) is 7.01. The number of hydrogen-bond donors (Lipinski definition) is 1. The summed E-state index contributed by atoms with van der Waals surface area (Å²) in [6, 6.07) is 8.40. The molecule has 0 saturated carbocycles. The lowest BCUT2D eigenvalue weighted by Gasteiger charge is -2.03. The molecule has 0 amide bonds. The molecule has 0 aromatic heterocycles. The van der Waals surface area contributed by atoms with Gasteiger partial charge in [0.1, 0.15) is 6.61 Å². The smallest absolute Gasteiger partial charge is 0.329 e. The van der Waals surface area contributed by atoms with Crippen molar-refractivity contribution in [3.8, 4) is 0 Å². The highest BCUT2D eigenvalue weighted by Crippen LogP contribution is 2.07. The average molecular weight is 222 g/mol. The van der Waals surface area contributed by atoms with Gasteiger partial charge in [-0.2, -0.15) is 0 Å². The van der Waals surface area contributed by atoms with Crippen LogP contribution in [-0.4, -0.2) is 24.3 Å². The van der Waals surface area contributed by atoms with Crippen LogP contribution >= 0.6 is 0 Å². The van der Waals surface area contributed by atoms with E-state index >= 15 is 0 Å². The number of carboxylic acids is 1. The third kappa shape index (κ3) is 4.94. The Labute approximate surface area is 96.1 Å². The van der Waals surface area contributed by atoms with E-state index in [1.807, 2.05) is 0 Å². The van der Waals surface area contributed by atoms with Gasteiger partial charge in [0, 0.05) is 0 Å². The molecule has 1 N–H and O–H groups in total. The van der Waals surface area contributed by atoms with E-state index in [2.05, 4.69) is 31.2 Å². The van der Waals surface area contributed by atoms with Crippen molar-refractivity contribution in [3.05, 3.63) is 35.4 Å². The number of carbonyl (C=O) groups is 1. The highest BCUT2D eigenvalue weighted by Gasteiger charge is 1.98. The van der Waals surface area contributed by atoms with Gasteiger partial charge in [0.25, 0.3) is 0 Å². The van der Waals surface area contributed by atoms with Crippen LogP contribution in [0.25, 0.3) is 0 Å². The topological polar surface area (TPSA) is 46.5 Å². The lowest BCUT2D eigenvalue weighted by atomic mass is 10.1. The second-order valence-electron chi connectivity index (χ2n) is 3.76. The van der Waals surface area contributed by atoms with Crippen LogP contribution in [0.2, 0.25) is 0 Å². The van der Waals surface area contributed by atoms with Gasteiger partial charge in [-0.3, -0.25) is 0 Å². The Morgan fingerprint density at radius 2 is 1.75 bits per heavy atom. The zero-order chi connectivity index (χ0) is 11.8. The van der Waals surface area contributed by atoms with Crippen LogP contribution in [0.15, 0.2) is 24.3 Å². The zero-order valence-electron chi connectivity index (χ0n) is 9.61. The molecule has 3 heteroatoms. The van der Waals surface area contributed by atoms with Crippen LogP contribution in [0.4, 0.5) is 0 Å². The minimum Gasteiger partial charge on any atom is -0.480 e. The van der Waals surface area contributed by atoms with Crippen molar-refractivity contribution in [2.45, 2.75) is 26.2 Å². The molecule has 88 valence electrons. The molecule has 0 radical (unpaired) electrons. The summed E-state index contributed by atoms with van der Waals surface area (Å²) in [4.78, 5) is 10.2. The lowest BCUT2D eigenvalue weighted by Crippen LogP contribution is -2.09. The molecule has 0 aliphatic rings. The van der Waals surface area contributed by atoms with Gasteiger partial charge >= 0.3 is 5.97 Å². The second-order valence-corrected chi connectivity index (χ2v) is 3.76. The fourth-order valence-corrected chi connectivity index (χ4v) is 1.51. The third-order valence-electron chi connectivity index (χ3n) is 2.32. The lowest BCUT2D eigenvalue weighted by molar-refractivity contribution is -0.142. The first-order valence-electron chi connectivity index (χ1n) is 5.59. The number of carboxylic acid groups (broad SMARTS) is 1. The first kappa shape index (κ1) is 12.7. The molecule has 0 heterocycles. The Kier molecular flexibility index (Phi) is 5.57. The van der Waals surface area contributed by atoms with Crippen molar-refractivity contribution in [2.24, 2.45) is 0 Å². The molecular weight excluding hydrogens is 204 g/mol. The molecule has 0 saturated heterocycles. The van der Waals surface area contributed by atoms with Gasteiger partial charge in [-0.1, -0.05) is 37.6 Å². The Hall–Kier alpha value is -1.35. The van der Waals surface area contributed by atoms with E-state index < -0.39 is 5.97 Å². The fraction of sp³-hybridized carbons (Fsp3) is 0.462. The van der Waals surface area contributed by atoms with E-state index in [4.69, 9.17) is 9.84 Å². The Balaban J connectivity index is 2.29. The van der Waals surface area contributed by atoms with Gasteiger partial charge in [-0.25, -0.2) is 4.79 Å². The molecule has 0 bridgehead atoms. The number of hydrogen-bond acceptors (Lipinski definition) is 2. The van der Waals surface area contributed by atoms with Crippen molar-refractivity contribution < 1.29 is 14.6 Å².